The summed E-state index contributed by atoms with van der Waals surface area (Å²) in [5.74, 6) is 1.20. The molecule has 0 spiro atoms. The van der Waals surface area contributed by atoms with E-state index in [2.05, 4.69) is 34.3 Å². The van der Waals surface area contributed by atoms with Gasteiger partial charge < -0.3 is 14.4 Å². The van der Waals surface area contributed by atoms with Crippen molar-refractivity contribution < 1.29 is 14.3 Å². The Labute approximate surface area is 210 Å². The summed E-state index contributed by atoms with van der Waals surface area (Å²) < 4.78 is 12.1. The summed E-state index contributed by atoms with van der Waals surface area (Å²) in [6.07, 6.45) is 4.27. The van der Waals surface area contributed by atoms with Gasteiger partial charge in [0.05, 0.1) is 5.69 Å². The van der Waals surface area contributed by atoms with Crippen LogP contribution in [0.1, 0.15) is 19.4 Å². The van der Waals surface area contributed by atoms with Crippen molar-refractivity contribution in [2.45, 2.75) is 19.4 Å². The number of carbonyl (C=O) groups excluding carboxylic acids is 1. The molecule has 1 amide bonds. The zero-order chi connectivity index (χ0) is 25.1. The molecule has 2 aliphatic rings. The molecule has 0 radical (unpaired) electrons. The van der Waals surface area contributed by atoms with Crippen molar-refractivity contribution in [1.82, 2.24) is 19.6 Å². The lowest BCUT2D eigenvalue weighted by molar-refractivity contribution is -0.141. The van der Waals surface area contributed by atoms with Gasteiger partial charge in [-0.05, 0) is 43.7 Å². The molecular weight excluding hydrogens is 456 g/mol. The zero-order valence-corrected chi connectivity index (χ0v) is 20.6. The number of fused-ring (bicyclic) bond motifs is 1. The molecule has 186 valence electrons. The van der Waals surface area contributed by atoms with Crippen LogP contribution in [-0.2, 0) is 10.3 Å². The molecule has 0 atom stereocenters. The minimum atomic E-state index is -1.13. The second-order valence-corrected chi connectivity index (χ2v) is 9.50. The van der Waals surface area contributed by atoms with Crippen LogP contribution >= 0.6 is 0 Å². The van der Waals surface area contributed by atoms with Gasteiger partial charge >= 0.3 is 0 Å². The Morgan fingerprint density at radius 3 is 2.50 bits per heavy atom. The summed E-state index contributed by atoms with van der Waals surface area (Å²) in [4.78, 5) is 30.5. The molecule has 0 bridgehead atoms. The van der Waals surface area contributed by atoms with Crippen molar-refractivity contribution in [1.29, 1.82) is 0 Å². The number of carbonyl (C=O) groups is 1. The van der Waals surface area contributed by atoms with Gasteiger partial charge in [-0.2, -0.15) is 5.10 Å². The van der Waals surface area contributed by atoms with E-state index in [1.165, 1.54) is 16.3 Å². The van der Waals surface area contributed by atoms with Crippen LogP contribution in [0.5, 0.6) is 11.5 Å². The monoisotopic (exact) mass is 486 g/mol. The fourth-order valence-corrected chi connectivity index (χ4v) is 4.53. The van der Waals surface area contributed by atoms with E-state index in [0.717, 1.165) is 25.2 Å². The molecule has 1 saturated heterocycles. The van der Waals surface area contributed by atoms with E-state index < -0.39 is 5.54 Å². The van der Waals surface area contributed by atoms with Gasteiger partial charge in [0.2, 0.25) is 12.7 Å². The Kier molecular flexibility index (Phi) is 6.61. The fraction of sp³-hybridized carbons (Fsp3) is 0.321. The Bertz CT molecular complexity index is 1320. The van der Waals surface area contributed by atoms with Gasteiger partial charge in [0.1, 0.15) is 5.54 Å². The van der Waals surface area contributed by atoms with Gasteiger partial charge in [0, 0.05) is 44.4 Å². The summed E-state index contributed by atoms with van der Waals surface area (Å²) in [6.45, 7) is 7.30. The number of nitrogens with zero attached hydrogens (tertiary/aromatic N) is 4. The molecule has 0 saturated carbocycles. The van der Waals surface area contributed by atoms with Gasteiger partial charge in [-0.3, -0.25) is 14.5 Å². The van der Waals surface area contributed by atoms with Gasteiger partial charge in [0.15, 0.2) is 11.5 Å². The first-order valence-corrected chi connectivity index (χ1v) is 12.2. The summed E-state index contributed by atoms with van der Waals surface area (Å²) in [5.41, 5.74) is 1.10. The molecule has 5 rings (SSSR count). The third-order valence-electron chi connectivity index (χ3n) is 6.65. The SMILES string of the molecule is CC(C)(C(=O)N1CCN(C/C=C/c2ccccc2)CC1)n1nc(-c2ccc3c(c2)OCO3)ccc1=O. The highest BCUT2D eigenvalue weighted by Gasteiger charge is 2.37. The van der Waals surface area contributed by atoms with Crippen molar-refractivity contribution in [3.05, 3.63) is 82.7 Å². The van der Waals surface area contributed by atoms with Gasteiger partial charge in [0.25, 0.3) is 5.56 Å². The van der Waals surface area contributed by atoms with Crippen molar-refractivity contribution in [3.8, 4) is 22.8 Å². The minimum absolute atomic E-state index is 0.112. The molecule has 3 aromatic rings. The average Bonchev–Trinajstić information content (AvgIpc) is 3.37. The van der Waals surface area contributed by atoms with E-state index in [9.17, 15) is 9.59 Å². The largest absolute Gasteiger partial charge is 0.454 e. The first-order valence-electron chi connectivity index (χ1n) is 12.2. The molecular formula is C28H30N4O4. The van der Waals surface area contributed by atoms with E-state index in [4.69, 9.17) is 9.47 Å². The molecule has 0 aliphatic carbocycles. The minimum Gasteiger partial charge on any atom is -0.454 e. The molecule has 8 nitrogen and oxygen atoms in total. The van der Waals surface area contributed by atoms with Crippen LogP contribution in [-0.4, -0.2) is 65.0 Å². The number of hydrogen-bond donors (Lipinski definition) is 0. The Morgan fingerprint density at radius 2 is 1.72 bits per heavy atom. The smallest absolute Gasteiger partial charge is 0.267 e. The van der Waals surface area contributed by atoms with Gasteiger partial charge in [-0.15, -0.1) is 0 Å². The first kappa shape index (κ1) is 23.8. The van der Waals surface area contributed by atoms with E-state index in [1.54, 1.807) is 19.9 Å². The Balaban J connectivity index is 1.26. The summed E-state index contributed by atoms with van der Waals surface area (Å²) in [5, 5.41) is 4.58. The summed E-state index contributed by atoms with van der Waals surface area (Å²) >= 11 is 0. The molecule has 36 heavy (non-hydrogen) atoms. The normalized spacial score (nSPS) is 16.0. The number of aromatic nitrogens is 2. The highest BCUT2D eigenvalue weighted by atomic mass is 16.7. The molecule has 0 N–H and O–H groups in total. The van der Waals surface area contributed by atoms with E-state index in [-0.39, 0.29) is 18.3 Å². The fourth-order valence-electron chi connectivity index (χ4n) is 4.53. The third-order valence-corrected chi connectivity index (χ3v) is 6.65. The second-order valence-electron chi connectivity index (χ2n) is 9.50. The first-order chi connectivity index (χ1) is 17.4. The Hall–Kier alpha value is -3.91. The van der Waals surface area contributed by atoms with Crippen LogP contribution in [0.15, 0.2) is 71.5 Å². The van der Waals surface area contributed by atoms with Gasteiger partial charge in [-0.25, -0.2) is 4.68 Å². The van der Waals surface area contributed by atoms with Crippen molar-refractivity contribution >= 4 is 12.0 Å². The maximum absolute atomic E-state index is 13.5. The molecule has 3 heterocycles. The van der Waals surface area contributed by atoms with Crippen LogP contribution in [0.2, 0.25) is 0 Å². The van der Waals surface area contributed by atoms with Crippen LogP contribution in [0.3, 0.4) is 0 Å². The maximum atomic E-state index is 13.5. The predicted molar refractivity (Wildman–Crippen MR) is 138 cm³/mol. The zero-order valence-electron chi connectivity index (χ0n) is 20.6. The highest BCUT2D eigenvalue weighted by molar-refractivity contribution is 5.83. The van der Waals surface area contributed by atoms with Crippen LogP contribution < -0.4 is 15.0 Å². The topological polar surface area (TPSA) is 76.9 Å². The Morgan fingerprint density at radius 1 is 0.972 bits per heavy atom. The van der Waals surface area contributed by atoms with Crippen molar-refractivity contribution in [2.24, 2.45) is 0 Å². The summed E-state index contributed by atoms with van der Waals surface area (Å²) in [6, 6.07) is 18.8. The van der Waals surface area contributed by atoms with Gasteiger partial charge in [-0.1, -0.05) is 42.5 Å². The number of benzene rings is 2. The van der Waals surface area contributed by atoms with Crippen LogP contribution in [0.4, 0.5) is 0 Å². The molecule has 1 fully saturated rings. The highest BCUT2D eigenvalue weighted by Crippen LogP contribution is 2.35. The quantitative estimate of drug-likeness (QED) is 0.533. The van der Waals surface area contributed by atoms with Crippen molar-refractivity contribution in [2.75, 3.05) is 39.5 Å². The molecule has 8 heteroatoms. The predicted octanol–water partition coefficient (Wildman–Crippen LogP) is 3.23. The number of amides is 1. The van der Waals surface area contributed by atoms with E-state index in [1.807, 2.05) is 41.3 Å². The van der Waals surface area contributed by atoms with Crippen LogP contribution in [0.25, 0.3) is 17.3 Å². The number of piperazine rings is 1. The van der Waals surface area contributed by atoms with E-state index >= 15 is 0 Å². The molecule has 1 aromatic heterocycles. The third kappa shape index (κ3) is 4.90. The molecule has 0 unspecified atom stereocenters. The molecule has 2 aliphatic heterocycles. The average molecular weight is 487 g/mol. The number of ether oxygens (including phenoxy) is 2. The summed E-state index contributed by atoms with van der Waals surface area (Å²) in [7, 11) is 0. The molecule has 2 aromatic carbocycles. The van der Waals surface area contributed by atoms with Crippen LogP contribution in [0, 0.1) is 0 Å². The van der Waals surface area contributed by atoms with Crippen molar-refractivity contribution in [3.63, 3.8) is 0 Å². The maximum Gasteiger partial charge on any atom is 0.267 e. The second kappa shape index (κ2) is 9.99. The number of hydrogen-bond acceptors (Lipinski definition) is 6. The van der Waals surface area contributed by atoms with E-state index in [0.29, 0.717) is 30.3 Å². The lowest BCUT2D eigenvalue weighted by atomic mass is 10.0. The lowest BCUT2D eigenvalue weighted by Crippen LogP contribution is -2.56. The standard InChI is InChI=1S/C28H30N4O4/c1-28(2,27(34)31-17-15-30(16-18-31)14-6-9-21-7-4-3-5-8-21)32-26(33)13-11-23(29-32)22-10-12-24-25(19-22)36-20-35-24/h3-13,19H,14-18,20H2,1-2H3/b9-6+. The number of rotatable bonds is 6. The lowest BCUT2D eigenvalue weighted by Gasteiger charge is -2.38.